The van der Waals surface area contributed by atoms with Gasteiger partial charge < -0.3 is 10.2 Å². The van der Waals surface area contributed by atoms with Gasteiger partial charge in [-0.05, 0) is 37.1 Å². The third kappa shape index (κ3) is 4.84. The number of nitrogens with zero attached hydrogens (tertiary/aromatic N) is 3. The van der Waals surface area contributed by atoms with Gasteiger partial charge in [0.1, 0.15) is 5.82 Å². The Hall–Kier alpha value is -2.31. The van der Waals surface area contributed by atoms with Crippen molar-refractivity contribution >= 4 is 17.5 Å². The summed E-state index contributed by atoms with van der Waals surface area (Å²) in [5.41, 5.74) is -0.401. The van der Waals surface area contributed by atoms with Gasteiger partial charge in [0.2, 0.25) is 5.95 Å². The van der Waals surface area contributed by atoms with Crippen LogP contribution in [0.1, 0.15) is 32.3 Å². The lowest BCUT2D eigenvalue weighted by atomic mass is 10.2. The first-order valence-electron chi connectivity index (χ1n) is 7.96. The van der Waals surface area contributed by atoms with Gasteiger partial charge in [-0.1, -0.05) is 19.9 Å². The van der Waals surface area contributed by atoms with Crippen molar-refractivity contribution in [2.45, 2.75) is 32.9 Å². The van der Waals surface area contributed by atoms with E-state index in [2.05, 4.69) is 34.0 Å². The number of nitrogens with one attached hydrogen (secondary N) is 1. The molecule has 0 saturated heterocycles. The molecule has 1 heterocycles. The second kappa shape index (κ2) is 7.99. The Morgan fingerprint density at radius 3 is 2.42 bits per heavy atom. The molecular formula is C17H21F3N4. The number of hydrogen-bond acceptors (Lipinski definition) is 4. The minimum atomic E-state index is -4.38. The molecule has 0 aliphatic rings. The highest BCUT2D eigenvalue weighted by molar-refractivity contribution is 5.56. The minimum absolute atomic E-state index is 0.282. The predicted octanol–water partition coefficient (Wildman–Crippen LogP) is 4.87. The summed E-state index contributed by atoms with van der Waals surface area (Å²) in [7, 11) is 0. The summed E-state index contributed by atoms with van der Waals surface area (Å²) in [4.78, 5) is 10.7. The van der Waals surface area contributed by atoms with Gasteiger partial charge in [0.15, 0.2) is 0 Å². The van der Waals surface area contributed by atoms with Crippen LogP contribution in [0.3, 0.4) is 0 Å². The standard InChI is InChI=1S/C17H21F3N4/c1-3-10-24(11-4-2)15-8-9-21-16(23-15)22-14-7-5-6-13(12-14)17(18,19)20/h5-9,12H,3-4,10-11H2,1-2H3,(H,21,22,23). The van der Waals surface area contributed by atoms with Crippen LogP contribution in [0.2, 0.25) is 0 Å². The monoisotopic (exact) mass is 338 g/mol. The molecule has 0 saturated carbocycles. The minimum Gasteiger partial charge on any atom is -0.356 e. The van der Waals surface area contributed by atoms with E-state index in [1.54, 1.807) is 12.3 Å². The molecule has 1 aromatic heterocycles. The molecule has 2 rings (SSSR count). The molecule has 0 unspecified atom stereocenters. The van der Waals surface area contributed by atoms with Crippen molar-refractivity contribution in [3.05, 3.63) is 42.1 Å². The quantitative estimate of drug-likeness (QED) is 0.782. The fraction of sp³-hybridized carbons (Fsp3) is 0.412. The van der Waals surface area contributed by atoms with Crippen molar-refractivity contribution < 1.29 is 13.2 Å². The summed E-state index contributed by atoms with van der Waals surface area (Å²) in [6.45, 7) is 5.92. The Morgan fingerprint density at radius 2 is 1.79 bits per heavy atom. The molecule has 130 valence electrons. The smallest absolute Gasteiger partial charge is 0.356 e. The number of alkyl halides is 3. The van der Waals surface area contributed by atoms with E-state index in [4.69, 9.17) is 0 Å². The molecule has 7 heteroatoms. The van der Waals surface area contributed by atoms with Crippen LogP contribution in [0.15, 0.2) is 36.5 Å². The number of anilines is 3. The zero-order valence-corrected chi connectivity index (χ0v) is 13.8. The molecule has 0 atom stereocenters. The van der Waals surface area contributed by atoms with Crippen molar-refractivity contribution in [3.8, 4) is 0 Å². The van der Waals surface area contributed by atoms with Crippen molar-refractivity contribution in [1.82, 2.24) is 9.97 Å². The number of benzene rings is 1. The highest BCUT2D eigenvalue weighted by Crippen LogP contribution is 2.31. The van der Waals surface area contributed by atoms with Crippen LogP contribution < -0.4 is 10.2 Å². The molecule has 1 N–H and O–H groups in total. The zero-order chi connectivity index (χ0) is 17.6. The van der Waals surface area contributed by atoms with Crippen molar-refractivity contribution in [2.24, 2.45) is 0 Å². The maximum Gasteiger partial charge on any atom is 0.416 e. The van der Waals surface area contributed by atoms with Gasteiger partial charge in [0, 0.05) is 25.0 Å². The van der Waals surface area contributed by atoms with Crippen LogP contribution in [-0.4, -0.2) is 23.1 Å². The lowest BCUT2D eigenvalue weighted by molar-refractivity contribution is -0.137. The van der Waals surface area contributed by atoms with Gasteiger partial charge in [0.05, 0.1) is 5.56 Å². The normalized spacial score (nSPS) is 11.4. The lowest BCUT2D eigenvalue weighted by Crippen LogP contribution is -2.26. The molecular weight excluding hydrogens is 317 g/mol. The SMILES string of the molecule is CCCN(CCC)c1ccnc(Nc2cccc(C(F)(F)F)c2)n1. The van der Waals surface area contributed by atoms with Crippen LogP contribution >= 0.6 is 0 Å². The summed E-state index contributed by atoms with van der Waals surface area (Å²) < 4.78 is 38.3. The second-order valence-corrected chi connectivity index (χ2v) is 5.43. The lowest BCUT2D eigenvalue weighted by Gasteiger charge is -2.22. The fourth-order valence-corrected chi connectivity index (χ4v) is 2.37. The Balaban J connectivity index is 2.20. The zero-order valence-electron chi connectivity index (χ0n) is 13.8. The van der Waals surface area contributed by atoms with E-state index in [9.17, 15) is 13.2 Å². The molecule has 0 aliphatic heterocycles. The first-order valence-corrected chi connectivity index (χ1v) is 7.96. The third-order valence-electron chi connectivity index (χ3n) is 3.40. The molecule has 4 nitrogen and oxygen atoms in total. The van der Waals surface area contributed by atoms with Gasteiger partial charge in [-0.25, -0.2) is 4.98 Å². The molecule has 24 heavy (non-hydrogen) atoms. The van der Waals surface area contributed by atoms with Gasteiger partial charge >= 0.3 is 6.18 Å². The Labute approximate surface area is 139 Å². The second-order valence-electron chi connectivity index (χ2n) is 5.43. The van der Waals surface area contributed by atoms with Crippen molar-refractivity contribution in [3.63, 3.8) is 0 Å². The third-order valence-corrected chi connectivity index (χ3v) is 3.40. The molecule has 2 aromatic rings. The molecule has 0 spiro atoms. The fourth-order valence-electron chi connectivity index (χ4n) is 2.37. The highest BCUT2D eigenvalue weighted by atomic mass is 19.4. The van der Waals surface area contributed by atoms with E-state index < -0.39 is 11.7 Å². The first kappa shape index (κ1) is 18.0. The number of halogens is 3. The summed E-state index contributed by atoms with van der Waals surface area (Å²) in [5, 5.41) is 2.85. The summed E-state index contributed by atoms with van der Waals surface area (Å²) >= 11 is 0. The first-order chi connectivity index (χ1) is 11.4. The van der Waals surface area contributed by atoms with Crippen LogP contribution in [0.4, 0.5) is 30.6 Å². The molecule has 0 amide bonds. The molecule has 0 bridgehead atoms. The van der Waals surface area contributed by atoms with Gasteiger partial charge in [-0.3, -0.25) is 0 Å². The number of hydrogen-bond donors (Lipinski definition) is 1. The summed E-state index contributed by atoms with van der Waals surface area (Å²) in [5.74, 6) is 1.05. The van der Waals surface area contributed by atoms with Crippen LogP contribution in [0, 0.1) is 0 Å². The van der Waals surface area contributed by atoms with Gasteiger partial charge in [0.25, 0.3) is 0 Å². The largest absolute Gasteiger partial charge is 0.416 e. The molecule has 0 radical (unpaired) electrons. The highest BCUT2D eigenvalue weighted by Gasteiger charge is 2.30. The van der Waals surface area contributed by atoms with Gasteiger partial charge in [-0.2, -0.15) is 18.2 Å². The van der Waals surface area contributed by atoms with E-state index in [1.165, 1.54) is 6.07 Å². The van der Waals surface area contributed by atoms with E-state index >= 15 is 0 Å². The number of aromatic nitrogens is 2. The molecule has 1 aromatic carbocycles. The average Bonchev–Trinajstić information content (AvgIpc) is 2.54. The van der Waals surface area contributed by atoms with E-state index in [0.29, 0.717) is 5.69 Å². The Bertz CT molecular complexity index is 652. The van der Waals surface area contributed by atoms with E-state index in [0.717, 1.165) is 43.9 Å². The predicted molar refractivity (Wildman–Crippen MR) is 89.6 cm³/mol. The van der Waals surface area contributed by atoms with E-state index in [-0.39, 0.29) is 5.95 Å². The maximum absolute atomic E-state index is 12.8. The van der Waals surface area contributed by atoms with Crippen LogP contribution in [0.25, 0.3) is 0 Å². The number of rotatable bonds is 7. The molecule has 0 fully saturated rings. The van der Waals surface area contributed by atoms with Crippen molar-refractivity contribution in [2.75, 3.05) is 23.3 Å². The van der Waals surface area contributed by atoms with Crippen LogP contribution in [0.5, 0.6) is 0 Å². The molecule has 0 aliphatic carbocycles. The Kier molecular flexibility index (Phi) is 6.00. The summed E-state index contributed by atoms with van der Waals surface area (Å²) in [6, 6.07) is 6.80. The van der Waals surface area contributed by atoms with Gasteiger partial charge in [-0.15, -0.1) is 0 Å². The average molecular weight is 338 g/mol. The topological polar surface area (TPSA) is 41.1 Å². The van der Waals surface area contributed by atoms with Crippen molar-refractivity contribution in [1.29, 1.82) is 0 Å². The van der Waals surface area contributed by atoms with Crippen LogP contribution in [-0.2, 0) is 6.18 Å². The van der Waals surface area contributed by atoms with E-state index in [1.807, 2.05) is 6.07 Å². The Morgan fingerprint density at radius 1 is 1.08 bits per heavy atom. The summed E-state index contributed by atoms with van der Waals surface area (Å²) in [6.07, 6.45) is -0.795. The maximum atomic E-state index is 12.8.